The lowest BCUT2D eigenvalue weighted by molar-refractivity contribution is -0.138. The molecule has 35 heavy (non-hydrogen) atoms. The maximum Gasteiger partial charge on any atom is 0.229 e. The van der Waals surface area contributed by atoms with Crippen molar-refractivity contribution in [2.75, 3.05) is 65.4 Å². The monoisotopic (exact) mass is 495 g/mol. The Balaban J connectivity index is 1.19. The number of carbonyl (C=O) groups excluding carboxylic acids is 2. The molecule has 198 valence electrons. The summed E-state index contributed by atoms with van der Waals surface area (Å²) in [5.74, 6) is 0.165. The highest BCUT2D eigenvalue weighted by atomic mass is 19.1. The van der Waals surface area contributed by atoms with Gasteiger partial charge in [0.2, 0.25) is 11.8 Å². The second-order valence-corrected chi connectivity index (χ2v) is 10.9. The Kier molecular flexibility index (Phi) is 7.87. The molecule has 5 fully saturated rings. The summed E-state index contributed by atoms with van der Waals surface area (Å²) in [6.45, 7) is 9.36. The van der Waals surface area contributed by atoms with Gasteiger partial charge in [-0.05, 0) is 38.4 Å². The van der Waals surface area contributed by atoms with Crippen LogP contribution in [0.5, 0.6) is 0 Å². The molecule has 0 aliphatic carbocycles. The van der Waals surface area contributed by atoms with Crippen molar-refractivity contribution in [3.05, 3.63) is 0 Å². The van der Waals surface area contributed by atoms with Crippen LogP contribution in [0.25, 0.3) is 0 Å². The number of halogens is 1. The SMILES string of the molecule is CC1CNCC(NC(=O)C2C(N)NN3CC(F)CNC23)C1N1CCC(C(=O)N2CCNCC2)CC1. The van der Waals surface area contributed by atoms with Crippen LogP contribution in [0, 0.1) is 17.8 Å². The summed E-state index contributed by atoms with van der Waals surface area (Å²) in [6, 6.07) is 0.150. The fraction of sp³-hybridized carbons (Fsp3) is 0.913. The van der Waals surface area contributed by atoms with Crippen molar-refractivity contribution < 1.29 is 14.0 Å². The number of alkyl halides is 1. The third kappa shape index (κ3) is 5.34. The van der Waals surface area contributed by atoms with Crippen molar-refractivity contribution in [2.24, 2.45) is 23.5 Å². The third-order valence-corrected chi connectivity index (χ3v) is 8.51. The van der Waals surface area contributed by atoms with E-state index in [4.69, 9.17) is 5.73 Å². The van der Waals surface area contributed by atoms with Crippen LogP contribution in [-0.2, 0) is 9.59 Å². The summed E-state index contributed by atoms with van der Waals surface area (Å²) in [6.07, 6.45) is -0.124. The van der Waals surface area contributed by atoms with Crippen molar-refractivity contribution >= 4 is 11.8 Å². The maximum absolute atomic E-state index is 13.8. The Morgan fingerprint density at radius 3 is 2.51 bits per heavy atom. The summed E-state index contributed by atoms with van der Waals surface area (Å²) in [7, 11) is 0. The molecule has 5 heterocycles. The zero-order valence-electron chi connectivity index (χ0n) is 20.7. The Morgan fingerprint density at radius 2 is 1.77 bits per heavy atom. The van der Waals surface area contributed by atoms with Crippen LogP contribution in [-0.4, -0.2) is 123 Å². The number of amides is 2. The van der Waals surface area contributed by atoms with Gasteiger partial charge in [0, 0.05) is 57.8 Å². The molecule has 0 spiro atoms. The van der Waals surface area contributed by atoms with Gasteiger partial charge in [0.25, 0.3) is 0 Å². The summed E-state index contributed by atoms with van der Waals surface area (Å²) in [5, 5.41) is 14.9. The van der Waals surface area contributed by atoms with E-state index in [2.05, 4.69) is 38.5 Å². The first kappa shape index (κ1) is 25.2. The molecule has 2 amide bonds. The Morgan fingerprint density at radius 1 is 1.03 bits per heavy atom. The third-order valence-electron chi connectivity index (χ3n) is 8.51. The van der Waals surface area contributed by atoms with Crippen molar-refractivity contribution in [1.82, 2.24) is 41.5 Å². The highest BCUT2D eigenvalue weighted by Crippen LogP contribution is 2.28. The zero-order chi connectivity index (χ0) is 24.5. The molecule has 5 aliphatic heterocycles. The van der Waals surface area contributed by atoms with Crippen LogP contribution in [0.1, 0.15) is 19.8 Å². The predicted octanol–water partition coefficient (Wildman–Crippen LogP) is -2.79. The van der Waals surface area contributed by atoms with Crippen LogP contribution in [0.4, 0.5) is 4.39 Å². The first-order valence-corrected chi connectivity index (χ1v) is 13.3. The highest BCUT2D eigenvalue weighted by Gasteiger charge is 2.48. The van der Waals surface area contributed by atoms with Gasteiger partial charge in [0.1, 0.15) is 6.17 Å². The standard InChI is InChI=1S/C23H42FN9O2/c1-14-10-27-12-17(29-22(34)18-20(25)30-33-13-16(24)11-28-21(18)33)19(14)31-6-2-15(3-7-31)23(35)32-8-4-26-5-9-32/h14-21,26-28,30H,2-13,25H2,1H3,(H,29,34). The fourth-order valence-electron chi connectivity index (χ4n) is 6.70. The van der Waals surface area contributed by atoms with E-state index >= 15 is 0 Å². The van der Waals surface area contributed by atoms with Gasteiger partial charge in [-0.25, -0.2) is 14.8 Å². The van der Waals surface area contributed by atoms with Crippen LogP contribution in [0.2, 0.25) is 0 Å². The van der Waals surface area contributed by atoms with E-state index in [0.29, 0.717) is 18.4 Å². The van der Waals surface area contributed by atoms with Crippen molar-refractivity contribution in [1.29, 1.82) is 0 Å². The molecule has 7 atom stereocenters. The fourth-order valence-corrected chi connectivity index (χ4v) is 6.70. The minimum Gasteiger partial charge on any atom is -0.350 e. The smallest absolute Gasteiger partial charge is 0.229 e. The van der Waals surface area contributed by atoms with Crippen LogP contribution in [0.15, 0.2) is 0 Å². The number of nitrogens with zero attached hydrogens (tertiary/aromatic N) is 3. The average Bonchev–Trinajstić information content (AvgIpc) is 3.19. The van der Waals surface area contributed by atoms with Gasteiger partial charge in [0.15, 0.2) is 0 Å². The number of rotatable bonds is 4. The maximum atomic E-state index is 13.8. The van der Waals surface area contributed by atoms with Gasteiger partial charge in [0.05, 0.1) is 24.3 Å². The van der Waals surface area contributed by atoms with E-state index in [1.54, 1.807) is 5.01 Å². The van der Waals surface area contributed by atoms with Gasteiger partial charge in [-0.2, -0.15) is 0 Å². The largest absolute Gasteiger partial charge is 0.350 e. The lowest BCUT2D eigenvalue weighted by atomic mass is 9.85. The van der Waals surface area contributed by atoms with Crippen LogP contribution < -0.4 is 32.4 Å². The number of likely N-dealkylation sites (tertiary alicyclic amines) is 1. The molecule has 5 rings (SSSR count). The molecule has 0 aromatic rings. The second kappa shape index (κ2) is 10.9. The quantitative estimate of drug-likeness (QED) is 0.245. The van der Waals surface area contributed by atoms with E-state index in [0.717, 1.165) is 58.7 Å². The van der Waals surface area contributed by atoms with Gasteiger partial charge in [-0.3, -0.25) is 19.8 Å². The number of nitrogens with one attached hydrogen (secondary N) is 5. The molecular formula is C23H42FN9O2. The second-order valence-electron chi connectivity index (χ2n) is 10.9. The predicted molar refractivity (Wildman–Crippen MR) is 129 cm³/mol. The summed E-state index contributed by atoms with van der Waals surface area (Å²) < 4.78 is 13.8. The topological polar surface area (TPSA) is 130 Å². The van der Waals surface area contributed by atoms with Gasteiger partial charge >= 0.3 is 0 Å². The number of piperidine rings is 2. The average molecular weight is 496 g/mol. The first-order valence-electron chi connectivity index (χ1n) is 13.3. The van der Waals surface area contributed by atoms with Crippen LogP contribution in [0.3, 0.4) is 0 Å². The zero-order valence-corrected chi connectivity index (χ0v) is 20.7. The van der Waals surface area contributed by atoms with E-state index in [-0.39, 0.29) is 43.2 Å². The Labute approximate surface area is 207 Å². The van der Waals surface area contributed by atoms with Crippen LogP contribution >= 0.6 is 0 Å². The van der Waals surface area contributed by atoms with E-state index in [1.807, 2.05) is 4.90 Å². The molecule has 0 aromatic carbocycles. The summed E-state index contributed by atoms with van der Waals surface area (Å²) in [4.78, 5) is 30.9. The van der Waals surface area contributed by atoms with Gasteiger partial charge < -0.3 is 26.6 Å². The van der Waals surface area contributed by atoms with Crippen molar-refractivity contribution in [3.8, 4) is 0 Å². The molecule has 12 heteroatoms. The van der Waals surface area contributed by atoms with Crippen molar-refractivity contribution in [3.63, 3.8) is 0 Å². The normalized spacial score (nSPS) is 39.9. The Hall–Kier alpha value is -1.41. The molecule has 5 saturated heterocycles. The minimum atomic E-state index is -0.984. The summed E-state index contributed by atoms with van der Waals surface area (Å²) >= 11 is 0. The lowest BCUT2D eigenvalue weighted by Crippen LogP contribution is -2.66. The lowest BCUT2D eigenvalue weighted by Gasteiger charge is -2.47. The number of hydrazine groups is 1. The van der Waals surface area contributed by atoms with E-state index in [9.17, 15) is 14.0 Å². The number of fused-ring (bicyclic) bond motifs is 1. The number of nitrogens with two attached hydrogens (primary N) is 1. The first-order chi connectivity index (χ1) is 16.9. The molecule has 11 nitrogen and oxygen atoms in total. The highest BCUT2D eigenvalue weighted by molar-refractivity contribution is 5.81. The summed E-state index contributed by atoms with van der Waals surface area (Å²) in [5.41, 5.74) is 9.32. The molecule has 0 saturated carbocycles. The van der Waals surface area contributed by atoms with E-state index in [1.165, 1.54) is 0 Å². The number of piperazine rings is 1. The number of hydrogen-bond donors (Lipinski definition) is 6. The molecule has 0 radical (unpaired) electrons. The van der Waals surface area contributed by atoms with Gasteiger partial charge in [-0.15, -0.1) is 0 Å². The number of carbonyl (C=O) groups is 2. The van der Waals surface area contributed by atoms with Crippen molar-refractivity contribution in [2.45, 2.75) is 50.4 Å². The van der Waals surface area contributed by atoms with Gasteiger partial charge in [-0.1, -0.05) is 6.92 Å². The molecule has 7 unspecified atom stereocenters. The Bertz CT molecular complexity index is 761. The number of hydrogen-bond acceptors (Lipinski definition) is 9. The molecular weight excluding hydrogens is 453 g/mol. The molecule has 0 aromatic heterocycles. The van der Waals surface area contributed by atoms with E-state index < -0.39 is 18.3 Å². The molecule has 5 aliphatic rings. The minimum absolute atomic E-state index is 0.0505. The molecule has 0 bridgehead atoms. The molecule has 7 N–H and O–H groups in total.